The molecule has 0 saturated carbocycles. The summed E-state index contributed by atoms with van der Waals surface area (Å²) in [5, 5.41) is 27.0. The smallest absolute Gasteiger partial charge is 0.333 e. The summed E-state index contributed by atoms with van der Waals surface area (Å²) >= 11 is 0. The molecule has 1 amide bonds. The van der Waals surface area contributed by atoms with Crippen molar-refractivity contribution in [2.45, 2.75) is 25.9 Å². The number of hydrogen-bond acceptors (Lipinski definition) is 6. The molecule has 19 heavy (non-hydrogen) atoms. The first-order chi connectivity index (χ1) is 8.88. The second kappa shape index (κ2) is 6.14. The number of aryl methyl sites for hydroxylation is 2. The molecule has 4 N–H and O–H groups in total. The van der Waals surface area contributed by atoms with E-state index in [9.17, 15) is 20.0 Å². The Balaban J connectivity index is 2.99. The van der Waals surface area contributed by atoms with Gasteiger partial charge in [0.15, 0.2) is 0 Å². The van der Waals surface area contributed by atoms with Crippen LogP contribution in [0.25, 0.3) is 0 Å². The number of nitrogens with one attached hydrogen (secondary N) is 1. The Bertz CT molecular complexity index is 485. The number of nitrogens with two attached hydrogens (primary N) is 1. The number of nitrogens with zero attached hydrogens (tertiary/aromatic N) is 3. The maximum absolute atomic E-state index is 11.1. The SMILES string of the molecule is CCCc1nn(C)c(NCC(O)C(N)=O)c1[N+](=O)[O-]. The standard InChI is InChI=1S/C10H17N5O4/c1-3-4-6-8(15(18)19)10(14(2)13-6)12-5-7(16)9(11)17/h7,12,16H,3-5H2,1-2H3,(H2,11,17). The molecule has 0 bridgehead atoms. The molecule has 0 aliphatic carbocycles. The molecule has 0 spiro atoms. The predicted molar refractivity (Wildman–Crippen MR) is 67.5 cm³/mol. The molecule has 1 atom stereocenters. The van der Waals surface area contributed by atoms with Crippen molar-refractivity contribution in [2.75, 3.05) is 11.9 Å². The van der Waals surface area contributed by atoms with Gasteiger partial charge in [-0.15, -0.1) is 0 Å². The van der Waals surface area contributed by atoms with Crippen molar-refractivity contribution in [3.63, 3.8) is 0 Å². The summed E-state index contributed by atoms with van der Waals surface area (Å²) in [6.45, 7) is 1.68. The molecule has 0 radical (unpaired) electrons. The summed E-state index contributed by atoms with van der Waals surface area (Å²) < 4.78 is 1.32. The lowest BCUT2D eigenvalue weighted by atomic mass is 10.2. The van der Waals surface area contributed by atoms with E-state index in [-0.39, 0.29) is 18.1 Å². The number of carbonyl (C=O) groups excluding carboxylic acids is 1. The number of rotatable bonds is 7. The first-order valence-electron chi connectivity index (χ1n) is 5.80. The summed E-state index contributed by atoms with van der Waals surface area (Å²) in [7, 11) is 1.55. The van der Waals surface area contributed by atoms with E-state index in [0.29, 0.717) is 12.1 Å². The van der Waals surface area contributed by atoms with Crippen LogP contribution in [0.1, 0.15) is 19.0 Å². The van der Waals surface area contributed by atoms with Crippen molar-refractivity contribution in [1.82, 2.24) is 9.78 Å². The largest absolute Gasteiger partial charge is 0.381 e. The number of amides is 1. The second-order valence-corrected chi connectivity index (χ2v) is 4.07. The van der Waals surface area contributed by atoms with E-state index < -0.39 is 16.9 Å². The molecule has 0 fully saturated rings. The lowest BCUT2D eigenvalue weighted by Crippen LogP contribution is -2.34. The van der Waals surface area contributed by atoms with Gasteiger partial charge in [0.1, 0.15) is 11.8 Å². The molecule has 1 rings (SSSR count). The van der Waals surface area contributed by atoms with Crippen LogP contribution in [0.2, 0.25) is 0 Å². The van der Waals surface area contributed by atoms with Gasteiger partial charge in [0, 0.05) is 7.05 Å². The summed E-state index contributed by atoms with van der Waals surface area (Å²) in [6, 6.07) is 0. The van der Waals surface area contributed by atoms with Crippen LogP contribution in [-0.2, 0) is 18.3 Å². The fraction of sp³-hybridized carbons (Fsp3) is 0.600. The van der Waals surface area contributed by atoms with E-state index in [1.54, 1.807) is 7.05 Å². The third-order valence-corrected chi connectivity index (χ3v) is 2.55. The molecule has 0 aliphatic rings. The van der Waals surface area contributed by atoms with Crippen LogP contribution in [0.4, 0.5) is 11.5 Å². The topological polar surface area (TPSA) is 136 Å². The van der Waals surface area contributed by atoms with E-state index in [1.165, 1.54) is 4.68 Å². The molecule has 9 heteroatoms. The number of hydrogen-bond donors (Lipinski definition) is 3. The van der Waals surface area contributed by atoms with Gasteiger partial charge in [-0.1, -0.05) is 13.3 Å². The van der Waals surface area contributed by atoms with Crippen LogP contribution in [-0.4, -0.2) is 38.4 Å². The lowest BCUT2D eigenvalue weighted by Gasteiger charge is -2.09. The van der Waals surface area contributed by atoms with Gasteiger partial charge in [-0.25, -0.2) is 4.68 Å². The molecule has 0 saturated heterocycles. The van der Waals surface area contributed by atoms with Crippen LogP contribution >= 0.6 is 0 Å². The number of aromatic nitrogens is 2. The van der Waals surface area contributed by atoms with Gasteiger partial charge in [0.25, 0.3) is 0 Å². The van der Waals surface area contributed by atoms with Gasteiger partial charge >= 0.3 is 5.69 Å². The summed E-state index contributed by atoms with van der Waals surface area (Å²) in [5.74, 6) is -0.750. The van der Waals surface area contributed by atoms with Crippen LogP contribution < -0.4 is 11.1 Å². The minimum Gasteiger partial charge on any atom is -0.381 e. The molecular weight excluding hydrogens is 254 g/mol. The lowest BCUT2D eigenvalue weighted by molar-refractivity contribution is -0.384. The fourth-order valence-electron chi connectivity index (χ4n) is 1.66. The Morgan fingerprint density at radius 3 is 2.79 bits per heavy atom. The quantitative estimate of drug-likeness (QED) is 0.453. The number of aliphatic hydroxyl groups is 1. The third-order valence-electron chi connectivity index (χ3n) is 2.55. The molecule has 1 aromatic heterocycles. The zero-order valence-electron chi connectivity index (χ0n) is 10.8. The molecule has 1 heterocycles. The van der Waals surface area contributed by atoms with Gasteiger partial charge in [0.2, 0.25) is 11.7 Å². The van der Waals surface area contributed by atoms with Gasteiger partial charge in [-0.05, 0) is 6.42 Å². The average molecular weight is 271 g/mol. The van der Waals surface area contributed by atoms with Crippen LogP contribution in [0.15, 0.2) is 0 Å². The number of aliphatic hydroxyl groups excluding tert-OH is 1. The number of nitro groups is 1. The van der Waals surface area contributed by atoms with Crippen molar-refractivity contribution in [1.29, 1.82) is 0 Å². The summed E-state index contributed by atoms with van der Waals surface area (Å²) in [5.41, 5.74) is 5.13. The Hall–Kier alpha value is -2.16. The van der Waals surface area contributed by atoms with E-state index in [4.69, 9.17) is 5.73 Å². The molecule has 1 unspecified atom stereocenters. The maximum Gasteiger partial charge on any atom is 0.333 e. The fourth-order valence-corrected chi connectivity index (χ4v) is 1.66. The Labute approximate surface area is 109 Å². The maximum atomic E-state index is 11.1. The average Bonchev–Trinajstić information content (AvgIpc) is 2.62. The molecule has 1 aromatic rings. The number of carbonyl (C=O) groups is 1. The first kappa shape index (κ1) is 14.9. The Morgan fingerprint density at radius 2 is 2.32 bits per heavy atom. The van der Waals surface area contributed by atoms with Gasteiger partial charge in [-0.3, -0.25) is 14.9 Å². The highest BCUT2D eigenvalue weighted by Crippen LogP contribution is 2.28. The van der Waals surface area contributed by atoms with Gasteiger partial charge < -0.3 is 16.2 Å². The minimum atomic E-state index is -1.41. The zero-order valence-corrected chi connectivity index (χ0v) is 10.8. The van der Waals surface area contributed by atoms with E-state index in [1.807, 2.05) is 6.92 Å². The van der Waals surface area contributed by atoms with E-state index in [2.05, 4.69) is 10.4 Å². The first-order valence-corrected chi connectivity index (χ1v) is 5.80. The molecule has 9 nitrogen and oxygen atoms in total. The van der Waals surface area contributed by atoms with E-state index in [0.717, 1.165) is 6.42 Å². The van der Waals surface area contributed by atoms with Crippen LogP contribution in [0, 0.1) is 10.1 Å². The van der Waals surface area contributed by atoms with Crippen molar-refractivity contribution >= 4 is 17.4 Å². The molecule has 0 aromatic carbocycles. The summed E-state index contributed by atoms with van der Waals surface area (Å²) in [6.07, 6.45) is -0.213. The zero-order chi connectivity index (χ0) is 14.6. The van der Waals surface area contributed by atoms with Crippen molar-refractivity contribution < 1.29 is 14.8 Å². The van der Waals surface area contributed by atoms with Crippen LogP contribution in [0.3, 0.4) is 0 Å². The Morgan fingerprint density at radius 1 is 1.68 bits per heavy atom. The highest BCUT2D eigenvalue weighted by atomic mass is 16.6. The number of primary amides is 1. The predicted octanol–water partition coefficient (Wildman–Crippen LogP) is -0.461. The van der Waals surface area contributed by atoms with Gasteiger partial charge in [-0.2, -0.15) is 5.10 Å². The summed E-state index contributed by atoms with van der Waals surface area (Å²) in [4.78, 5) is 21.2. The number of anilines is 1. The highest BCUT2D eigenvalue weighted by molar-refractivity contribution is 5.79. The third kappa shape index (κ3) is 3.41. The van der Waals surface area contributed by atoms with Gasteiger partial charge in [0.05, 0.1) is 11.5 Å². The van der Waals surface area contributed by atoms with Crippen LogP contribution in [0.5, 0.6) is 0 Å². The molecular formula is C10H17N5O4. The normalized spacial score (nSPS) is 12.2. The van der Waals surface area contributed by atoms with Crippen molar-refractivity contribution in [3.8, 4) is 0 Å². The van der Waals surface area contributed by atoms with E-state index >= 15 is 0 Å². The highest BCUT2D eigenvalue weighted by Gasteiger charge is 2.26. The second-order valence-electron chi connectivity index (χ2n) is 4.07. The monoisotopic (exact) mass is 271 g/mol. The Kier molecular flexibility index (Phi) is 4.81. The molecule has 0 aliphatic heterocycles. The molecule has 106 valence electrons. The minimum absolute atomic E-state index is 0.138. The van der Waals surface area contributed by atoms with Crippen molar-refractivity contribution in [2.24, 2.45) is 12.8 Å². The van der Waals surface area contributed by atoms with Crippen molar-refractivity contribution in [3.05, 3.63) is 15.8 Å².